The van der Waals surface area contributed by atoms with Crippen molar-refractivity contribution in [3.05, 3.63) is 102 Å². The first kappa shape index (κ1) is 19.0. The number of rotatable bonds is 6. The lowest BCUT2D eigenvalue weighted by molar-refractivity contribution is 0.361. The zero-order valence-electron chi connectivity index (χ0n) is 16.9. The van der Waals surface area contributed by atoms with Gasteiger partial charge in [0.25, 0.3) is 0 Å². The number of aryl methyl sites for hydroxylation is 1. The molecule has 4 rings (SSSR count). The Hall–Kier alpha value is -3.33. The van der Waals surface area contributed by atoms with Crippen molar-refractivity contribution in [1.29, 1.82) is 0 Å². The third-order valence-corrected chi connectivity index (χ3v) is 5.27. The molecule has 0 amide bonds. The summed E-state index contributed by atoms with van der Waals surface area (Å²) in [6.45, 7) is 8.57. The van der Waals surface area contributed by atoms with Gasteiger partial charge in [-0.05, 0) is 77.9 Å². The minimum absolute atomic E-state index is 0.419. The van der Waals surface area contributed by atoms with Crippen molar-refractivity contribution in [1.82, 2.24) is 10.2 Å². The van der Waals surface area contributed by atoms with E-state index in [-0.39, 0.29) is 0 Å². The zero-order valence-corrected chi connectivity index (χ0v) is 16.9. The molecule has 0 bridgehead atoms. The Morgan fingerprint density at radius 3 is 2.48 bits per heavy atom. The predicted octanol–water partition coefficient (Wildman–Crippen LogP) is 6.45. The van der Waals surface area contributed by atoms with Gasteiger partial charge in [0.1, 0.15) is 5.75 Å². The van der Waals surface area contributed by atoms with Gasteiger partial charge in [-0.3, -0.25) is 5.10 Å². The number of aromatic nitrogens is 2. The van der Waals surface area contributed by atoms with Gasteiger partial charge in [0.05, 0.1) is 18.3 Å². The Morgan fingerprint density at radius 1 is 1.00 bits per heavy atom. The van der Waals surface area contributed by atoms with Crippen molar-refractivity contribution in [3.63, 3.8) is 0 Å². The fourth-order valence-corrected chi connectivity index (χ4v) is 3.86. The number of benzene rings is 3. The van der Waals surface area contributed by atoms with E-state index >= 15 is 0 Å². The van der Waals surface area contributed by atoms with E-state index < -0.39 is 0 Å². The van der Waals surface area contributed by atoms with E-state index in [4.69, 9.17) is 4.74 Å². The number of H-pyrrole nitrogens is 1. The Bertz CT molecular complexity index is 1150. The van der Waals surface area contributed by atoms with Crippen LogP contribution in [0.3, 0.4) is 0 Å². The lowest BCUT2D eigenvalue weighted by Crippen LogP contribution is -1.97. The van der Waals surface area contributed by atoms with E-state index in [0.29, 0.717) is 6.61 Å². The molecule has 1 aromatic heterocycles. The fourth-order valence-electron chi connectivity index (χ4n) is 3.86. The van der Waals surface area contributed by atoms with Gasteiger partial charge in [-0.1, -0.05) is 49.4 Å². The van der Waals surface area contributed by atoms with Gasteiger partial charge in [0.15, 0.2) is 0 Å². The van der Waals surface area contributed by atoms with E-state index in [1.54, 1.807) is 0 Å². The smallest absolute Gasteiger partial charge is 0.119 e. The minimum atomic E-state index is 0.419. The minimum Gasteiger partial charge on any atom is -0.494 e. The number of allylic oxidation sites excluding steroid dienone is 1. The standard InChI is InChI=1S/C26H25N2O/c1-4-23(24-9-7-6-8-18(24)3)26(19-10-13-22(14-11-19)29-5-2)20-12-15-25-21(16-20)17-27-28-25/h6-17H,2,4-5H2,1,3H3,(H,27,28)/b26-23+. The topological polar surface area (TPSA) is 37.9 Å². The number of hydrogen-bond donors (Lipinski definition) is 1. The highest BCUT2D eigenvalue weighted by Gasteiger charge is 2.15. The Labute approximate surface area is 172 Å². The predicted molar refractivity (Wildman–Crippen MR) is 121 cm³/mol. The Kier molecular flexibility index (Phi) is 5.48. The molecule has 0 aliphatic rings. The van der Waals surface area contributed by atoms with Crippen molar-refractivity contribution in [2.24, 2.45) is 0 Å². The second kappa shape index (κ2) is 8.36. The van der Waals surface area contributed by atoms with E-state index in [9.17, 15) is 0 Å². The molecule has 1 radical (unpaired) electrons. The number of aromatic amines is 1. The zero-order chi connectivity index (χ0) is 20.2. The molecule has 4 aromatic rings. The van der Waals surface area contributed by atoms with Gasteiger partial charge in [-0.2, -0.15) is 5.10 Å². The normalized spacial score (nSPS) is 12.1. The Morgan fingerprint density at radius 2 is 1.76 bits per heavy atom. The van der Waals surface area contributed by atoms with Crippen LogP contribution in [0, 0.1) is 13.8 Å². The van der Waals surface area contributed by atoms with Crippen molar-refractivity contribution in [2.75, 3.05) is 6.61 Å². The summed E-state index contributed by atoms with van der Waals surface area (Å²) in [5, 5.41) is 8.33. The van der Waals surface area contributed by atoms with E-state index in [1.165, 1.54) is 33.4 Å². The van der Waals surface area contributed by atoms with Crippen molar-refractivity contribution < 1.29 is 4.74 Å². The van der Waals surface area contributed by atoms with Crippen LogP contribution in [-0.2, 0) is 0 Å². The molecule has 3 nitrogen and oxygen atoms in total. The molecule has 0 saturated carbocycles. The van der Waals surface area contributed by atoms with Crippen LogP contribution in [0.2, 0.25) is 0 Å². The van der Waals surface area contributed by atoms with Crippen LogP contribution in [0.25, 0.3) is 22.0 Å². The quantitative estimate of drug-likeness (QED) is 0.390. The lowest BCUT2D eigenvalue weighted by Gasteiger charge is -2.18. The van der Waals surface area contributed by atoms with Gasteiger partial charge in [-0.15, -0.1) is 0 Å². The van der Waals surface area contributed by atoms with Gasteiger partial charge in [-0.25, -0.2) is 0 Å². The molecular formula is C26H25N2O. The van der Waals surface area contributed by atoms with Crippen LogP contribution in [-0.4, -0.2) is 16.8 Å². The fraction of sp³-hybridized carbons (Fsp3) is 0.154. The van der Waals surface area contributed by atoms with Gasteiger partial charge < -0.3 is 4.74 Å². The third kappa shape index (κ3) is 3.81. The molecule has 29 heavy (non-hydrogen) atoms. The first-order valence-corrected chi connectivity index (χ1v) is 9.96. The molecule has 0 aliphatic heterocycles. The maximum Gasteiger partial charge on any atom is 0.119 e. The van der Waals surface area contributed by atoms with E-state index in [2.05, 4.69) is 85.6 Å². The Balaban J connectivity index is 1.96. The monoisotopic (exact) mass is 381 g/mol. The molecule has 0 spiro atoms. The molecule has 145 valence electrons. The lowest BCUT2D eigenvalue weighted by atomic mass is 9.86. The summed E-state index contributed by atoms with van der Waals surface area (Å²) in [4.78, 5) is 0. The van der Waals surface area contributed by atoms with Crippen molar-refractivity contribution in [3.8, 4) is 5.75 Å². The molecule has 1 heterocycles. The average Bonchev–Trinajstić information content (AvgIpc) is 3.21. The molecule has 0 aliphatic carbocycles. The highest BCUT2D eigenvalue weighted by Crippen LogP contribution is 2.37. The maximum atomic E-state index is 5.54. The van der Waals surface area contributed by atoms with Gasteiger partial charge >= 0.3 is 0 Å². The second-order valence-electron chi connectivity index (χ2n) is 7.07. The van der Waals surface area contributed by atoms with Crippen LogP contribution in [0.15, 0.2) is 72.9 Å². The molecule has 0 atom stereocenters. The van der Waals surface area contributed by atoms with Gasteiger partial charge in [0, 0.05) is 5.39 Å². The molecular weight excluding hydrogens is 356 g/mol. The summed E-state index contributed by atoms with van der Waals surface area (Å²) in [5.41, 5.74) is 8.54. The van der Waals surface area contributed by atoms with Crippen LogP contribution >= 0.6 is 0 Å². The van der Waals surface area contributed by atoms with Crippen molar-refractivity contribution in [2.45, 2.75) is 20.3 Å². The second-order valence-corrected chi connectivity index (χ2v) is 7.07. The van der Waals surface area contributed by atoms with Crippen LogP contribution in [0.4, 0.5) is 0 Å². The largest absolute Gasteiger partial charge is 0.494 e. The van der Waals surface area contributed by atoms with Crippen molar-refractivity contribution >= 4 is 22.0 Å². The number of ether oxygens (including phenoxy) is 1. The SMILES string of the molecule is [CH2]COc1ccc(/C(=C(/CC)c2ccccc2C)c2ccc3[nH]ncc3c2)cc1. The highest BCUT2D eigenvalue weighted by molar-refractivity contribution is 6.00. The third-order valence-electron chi connectivity index (χ3n) is 5.27. The van der Waals surface area contributed by atoms with Crippen LogP contribution < -0.4 is 4.74 Å². The first-order chi connectivity index (χ1) is 14.2. The summed E-state index contributed by atoms with van der Waals surface area (Å²) in [6.07, 6.45) is 2.81. The first-order valence-electron chi connectivity index (χ1n) is 9.96. The molecule has 0 fully saturated rings. The summed E-state index contributed by atoms with van der Waals surface area (Å²) >= 11 is 0. The molecule has 0 unspecified atom stereocenters. The average molecular weight is 381 g/mol. The maximum absolute atomic E-state index is 5.54. The summed E-state index contributed by atoms with van der Waals surface area (Å²) in [7, 11) is 0. The van der Waals surface area contributed by atoms with Crippen LogP contribution in [0.1, 0.15) is 35.6 Å². The number of nitrogens with zero attached hydrogens (tertiary/aromatic N) is 1. The summed E-state index contributed by atoms with van der Waals surface area (Å²) in [5.74, 6) is 0.835. The number of hydrogen-bond acceptors (Lipinski definition) is 2. The molecule has 3 aromatic carbocycles. The van der Waals surface area contributed by atoms with Gasteiger partial charge in [0.2, 0.25) is 0 Å². The van der Waals surface area contributed by atoms with E-state index in [0.717, 1.165) is 23.1 Å². The highest BCUT2D eigenvalue weighted by atomic mass is 16.5. The summed E-state index contributed by atoms with van der Waals surface area (Å²) in [6, 6.07) is 23.4. The number of fused-ring (bicyclic) bond motifs is 1. The number of nitrogens with one attached hydrogen (secondary N) is 1. The molecule has 3 heteroatoms. The van der Waals surface area contributed by atoms with Crippen LogP contribution in [0.5, 0.6) is 5.75 Å². The molecule has 1 N–H and O–H groups in total. The summed E-state index contributed by atoms with van der Waals surface area (Å²) < 4.78 is 5.54. The molecule has 0 saturated heterocycles. The van der Waals surface area contributed by atoms with E-state index in [1.807, 2.05) is 18.3 Å².